The summed E-state index contributed by atoms with van der Waals surface area (Å²) in [5.74, 6) is 3.62. The third-order valence-electron chi connectivity index (χ3n) is 19.0. The lowest BCUT2D eigenvalue weighted by atomic mass is 10.1. The van der Waals surface area contributed by atoms with Crippen molar-refractivity contribution < 1.29 is 8.91 Å². The average Bonchev–Trinajstić information content (AvgIpc) is 1.64. The van der Waals surface area contributed by atoms with Crippen molar-refractivity contribution in [3.63, 3.8) is 0 Å². The van der Waals surface area contributed by atoms with E-state index in [1.54, 1.807) is 105 Å². The van der Waals surface area contributed by atoms with Gasteiger partial charge < -0.3 is 30.8 Å². The van der Waals surface area contributed by atoms with Crippen LogP contribution in [0, 0.1) is 12.7 Å². The SMILES string of the molecule is Cc1cc(Nc2nccn3c(-c4cnn(C)c4)cnc23)on1.Cn1cc(-c2cnc3c(Nc4ccc5[nH]nc(-c6ccc(F)cc6)c5c4)nccn23)cn1.Cn1cc(-c2cnc3c(Nc4ccc5[nH]nc(-c6ccncc6)c5c4)nccn23)cn1.Cn1cc(-c2cnc3c(Nc4ccc5nc(-c6cccnc6)[nH]c5c4)nccn23)cn1. The number of fused-ring (bicyclic) bond motifs is 7. The standard InChI is InChI=1S/C23H17FN8.2C22H17N9.C14H13N7O/c1-31-13-15(11-27-31)20-12-26-23-22(25-8-9-32(20)23)28-17-6-7-19-18(10-17)21(30-29-19)14-2-4-16(24)5-3-14;1-30-13-15(11-26-30)19-12-25-22-21(24-8-9-31(19)22)27-16-2-3-18-17(10-16)20(29-28-18)14-4-6-23-7-5-14;1-30-13-15(11-26-30)19-12-25-22-21(24-7-8-31(19)22)27-16-4-5-17-18(9-16)29-20(28-17)14-3-2-6-23-10-14;1-9-5-12(22-19-9)18-13-14-16-7-11(21(14)4-3-15-13)10-6-17-20(2)8-10/h2-13H,1H3,(H,25,28)(H,29,30);2*2-13H,1H3,(H,24,27)(H,28,29);3-8H,1-2H3,(H,15,18). The molecule has 0 aliphatic carbocycles. The first-order valence-electron chi connectivity index (χ1n) is 36.2. The Kier molecular flexibility index (Phi) is 17.8. The maximum absolute atomic E-state index is 13.3. The number of benzene rings is 4. The number of H-pyrrole nitrogens is 3. The maximum Gasteiger partial charge on any atom is 0.230 e. The molecule has 0 radical (unpaired) electrons. The molecule has 0 bridgehead atoms. The zero-order chi connectivity index (χ0) is 78.3. The van der Waals surface area contributed by atoms with Gasteiger partial charge in [0.25, 0.3) is 0 Å². The van der Waals surface area contributed by atoms with Crippen LogP contribution in [0.4, 0.5) is 50.6 Å². The van der Waals surface area contributed by atoms with Crippen LogP contribution in [-0.2, 0) is 28.2 Å². The van der Waals surface area contributed by atoms with Crippen LogP contribution in [0.2, 0.25) is 0 Å². The summed E-state index contributed by atoms with van der Waals surface area (Å²) in [5.41, 5.74) is 22.2. The predicted molar refractivity (Wildman–Crippen MR) is 435 cm³/mol. The van der Waals surface area contributed by atoms with Gasteiger partial charge in [-0.3, -0.25) is 56.5 Å². The molecule has 116 heavy (non-hydrogen) atoms. The monoisotopic (exact) mass is 1530 g/mol. The number of anilines is 8. The van der Waals surface area contributed by atoms with Crippen LogP contribution in [0.15, 0.2) is 262 Å². The lowest BCUT2D eigenvalue weighted by Gasteiger charge is -2.08. The smallest absolute Gasteiger partial charge is 0.230 e. The highest BCUT2D eigenvalue weighted by Crippen LogP contribution is 2.35. The van der Waals surface area contributed by atoms with E-state index in [9.17, 15) is 4.39 Å². The van der Waals surface area contributed by atoms with E-state index in [1.807, 2.05) is 206 Å². The normalized spacial score (nSPS) is 11.4. The van der Waals surface area contributed by atoms with E-state index in [4.69, 9.17) is 4.52 Å². The average molecular weight is 1530 g/mol. The van der Waals surface area contributed by atoms with Crippen molar-refractivity contribution in [3.8, 4) is 78.9 Å². The highest BCUT2D eigenvalue weighted by atomic mass is 19.1. The lowest BCUT2D eigenvalue weighted by molar-refractivity contribution is 0.430. The topological polar surface area (TPSA) is 378 Å². The molecule has 0 atom stereocenters. The summed E-state index contributed by atoms with van der Waals surface area (Å²) in [4.78, 5) is 52.3. The van der Waals surface area contributed by atoms with Gasteiger partial charge in [0, 0.05) is 200 Å². The number of aryl methyl sites for hydroxylation is 5. The molecule has 0 aliphatic rings. The Morgan fingerprint density at radius 3 is 1.22 bits per heavy atom. The molecule has 22 aromatic rings. The fourth-order valence-electron chi connectivity index (χ4n) is 13.5. The van der Waals surface area contributed by atoms with Crippen LogP contribution in [-0.4, -0.2) is 142 Å². The minimum atomic E-state index is -0.277. The summed E-state index contributed by atoms with van der Waals surface area (Å²) in [6.07, 6.45) is 43.9. The summed E-state index contributed by atoms with van der Waals surface area (Å²) >= 11 is 0. The Bertz CT molecular complexity index is 7280. The largest absolute Gasteiger partial charge is 0.338 e. The Balaban J connectivity index is 0.000000104. The molecular formula is C81H64FN33O. The minimum absolute atomic E-state index is 0.277. The number of pyridine rings is 2. The van der Waals surface area contributed by atoms with Crippen molar-refractivity contribution in [3.05, 3.63) is 269 Å². The van der Waals surface area contributed by atoms with Gasteiger partial charge in [0.2, 0.25) is 5.88 Å². The third-order valence-corrected chi connectivity index (χ3v) is 19.0. The van der Waals surface area contributed by atoms with Crippen LogP contribution < -0.4 is 21.3 Å². The number of imidazole rings is 5. The van der Waals surface area contributed by atoms with Gasteiger partial charge in [-0.2, -0.15) is 30.6 Å². The number of hydrogen-bond acceptors (Lipinski definition) is 23. The van der Waals surface area contributed by atoms with Crippen molar-refractivity contribution in [1.82, 2.24) is 142 Å². The van der Waals surface area contributed by atoms with Crippen molar-refractivity contribution in [2.24, 2.45) is 28.2 Å². The molecule has 7 N–H and O–H groups in total. The van der Waals surface area contributed by atoms with E-state index in [2.05, 4.69) is 133 Å². The first kappa shape index (κ1) is 69.7. The van der Waals surface area contributed by atoms with E-state index in [-0.39, 0.29) is 5.82 Å². The molecule has 22 rings (SSSR count). The van der Waals surface area contributed by atoms with Crippen LogP contribution in [0.1, 0.15) is 5.69 Å². The second kappa shape index (κ2) is 29.6. The summed E-state index contributed by atoms with van der Waals surface area (Å²) < 4.78 is 33.5. The van der Waals surface area contributed by atoms with Gasteiger partial charge in [-0.15, -0.1) is 0 Å². The van der Waals surface area contributed by atoms with Crippen molar-refractivity contribution in [1.29, 1.82) is 0 Å². The molecule has 0 saturated heterocycles. The number of hydrogen-bond donors (Lipinski definition) is 7. The Morgan fingerprint density at radius 2 is 0.810 bits per heavy atom. The van der Waals surface area contributed by atoms with Crippen LogP contribution in [0.25, 0.3) is 134 Å². The molecule has 0 unspecified atom stereocenters. The highest BCUT2D eigenvalue weighted by molar-refractivity contribution is 5.97. The van der Waals surface area contributed by atoms with Gasteiger partial charge in [0.1, 0.15) is 17.3 Å². The second-order valence-corrected chi connectivity index (χ2v) is 26.9. The number of nitrogens with zero attached hydrogens (tertiary/aromatic N) is 26. The van der Waals surface area contributed by atoms with E-state index in [0.29, 0.717) is 40.4 Å². The zero-order valence-electron chi connectivity index (χ0n) is 62.2. The molecule has 4 aromatic carbocycles. The molecule has 0 saturated carbocycles. The van der Waals surface area contributed by atoms with Crippen LogP contribution >= 0.6 is 0 Å². The van der Waals surface area contributed by atoms with Gasteiger partial charge in [-0.1, -0.05) is 5.16 Å². The molecule has 18 heterocycles. The summed E-state index contributed by atoms with van der Waals surface area (Å²) in [5, 5.41) is 51.0. The van der Waals surface area contributed by atoms with Gasteiger partial charge in [-0.25, -0.2) is 49.2 Å². The van der Waals surface area contributed by atoms with Gasteiger partial charge in [-0.05, 0) is 110 Å². The van der Waals surface area contributed by atoms with E-state index >= 15 is 0 Å². The predicted octanol–water partition coefficient (Wildman–Crippen LogP) is 14.3. The first-order valence-corrected chi connectivity index (χ1v) is 36.2. The molecule has 0 spiro atoms. The van der Waals surface area contributed by atoms with Crippen LogP contribution in [0.5, 0.6) is 0 Å². The van der Waals surface area contributed by atoms with E-state index < -0.39 is 0 Å². The van der Waals surface area contributed by atoms with E-state index in [0.717, 1.165) is 146 Å². The summed E-state index contributed by atoms with van der Waals surface area (Å²) in [7, 11) is 7.56. The summed E-state index contributed by atoms with van der Waals surface area (Å²) in [6, 6.07) is 33.8. The van der Waals surface area contributed by atoms with Gasteiger partial charge >= 0.3 is 0 Å². The van der Waals surface area contributed by atoms with Gasteiger partial charge in [0.15, 0.2) is 45.9 Å². The van der Waals surface area contributed by atoms with Gasteiger partial charge in [0.05, 0.1) is 106 Å². The summed E-state index contributed by atoms with van der Waals surface area (Å²) in [6.45, 7) is 1.86. The first-order chi connectivity index (χ1) is 56.9. The quantitative estimate of drug-likeness (QED) is 0.0501. The highest BCUT2D eigenvalue weighted by Gasteiger charge is 2.20. The molecule has 35 heteroatoms. The molecule has 0 aliphatic heterocycles. The fraction of sp³-hybridized carbons (Fsp3) is 0.0617. The number of nitrogens with one attached hydrogen (secondary N) is 7. The molecular weight excluding hydrogens is 1470 g/mol. The fourth-order valence-corrected chi connectivity index (χ4v) is 13.5. The number of aromatic nitrogens is 29. The number of rotatable bonds is 15. The second-order valence-electron chi connectivity index (χ2n) is 26.9. The van der Waals surface area contributed by atoms with Crippen molar-refractivity contribution >= 4 is 102 Å². The van der Waals surface area contributed by atoms with Crippen LogP contribution in [0.3, 0.4) is 0 Å². The van der Waals surface area contributed by atoms with Crippen molar-refractivity contribution in [2.75, 3.05) is 21.3 Å². The minimum Gasteiger partial charge on any atom is -0.338 e. The Hall–Kier alpha value is -16.8. The number of halogens is 1. The molecule has 566 valence electrons. The maximum atomic E-state index is 13.3. The molecule has 0 amide bonds. The molecule has 0 fully saturated rings. The van der Waals surface area contributed by atoms with Crippen molar-refractivity contribution in [2.45, 2.75) is 6.92 Å². The Labute approximate surface area is 654 Å². The lowest BCUT2D eigenvalue weighted by Crippen LogP contribution is -1.98. The molecule has 18 aromatic heterocycles. The number of aromatic amines is 3. The third kappa shape index (κ3) is 13.8. The zero-order valence-corrected chi connectivity index (χ0v) is 62.2. The van der Waals surface area contributed by atoms with E-state index in [1.165, 1.54) is 12.1 Å². The molecule has 34 nitrogen and oxygen atoms in total. The Morgan fingerprint density at radius 1 is 0.379 bits per heavy atom.